The summed E-state index contributed by atoms with van der Waals surface area (Å²) in [5, 5.41) is 5.79. The number of hydrogen-bond acceptors (Lipinski definition) is 5. The van der Waals surface area contributed by atoms with Gasteiger partial charge in [-0.05, 0) is 18.2 Å². The lowest BCUT2D eigenvalue weighted by atomic mass is 10.1. The zero-order valence-electron chi connectivity index (χ0n) is 14.7. The van der Waals surface area contributed by atoms with Crippen molar-refractivity contribution >= 4 is 11.8 Å². The average molecular weight is 392 g/mol. The van der Waals surface area contributed by atoms with Crippen LogP contribution in [-0.2, 0) is 6.54 Å². The van der Waals surface area contributed by atoms with E-state index in [-0.39, 0.29) is 24.1 Å². The standard InChI is InChI=1S/C19H16F4N4O/c1-24-18-26-16(12-6-4-7-14(9-12)28-19(21,22)23)10-17(27-18)25-11-13-5-2-3-8-15(13)20/h2-10H,11H2,1H3,(H2,24,25,26,27). The number of aromatic nitrogens is 2. The molecular formula is C19H16F4N4O. The summed E-state index contributed by atoms with van der Waals surface area (Å²) in [6, 6.07) is 13.3. The Morgan fingerprint density at radius 3 is 2.50 bits per heavy atom. The Morgan fingerprint density at radius 1 is 1.00 bits per heavy atom. The Labute approximate surface area is 158 Å². The zero-order chi connectivity index (χ0) is 20.1. The first kappa shape index (κ1) is 19.4. The van der Waals surface area contributed by atoms with E-state index in [1.807, 2.05) is 0 Å². The van der Waals surface area contributed by atoms with Crippen LogP contribution in [0.3, 0.4) is 0 Å². The average Bonchev–Trinajstić information content (AvgIpc) is 2.66. The molecule has 2 aromatic carbocycles. The molecule has 0 unspecified atom stereocenters. The molecule has 0 saturated carbocycles. The third-order valence-electron chi connectivity index (χ3n) is 3.73. The number of nitrogens with zero attached hydrogens (tertiary/aromatic N) is 2. The van der Waals surface area contributed by atoms with Crippen LogP contribution in [0, 0.1) is 5.82 Å². The first-order chi connectivity index (χ1) is 13.3. The van der Waals surface area contributed by atoms with Gasteiger partial charge in [0.15, 0.2) is 0 Å². The van der Waals surface area contributed by atoms with Crippen molar-refractivity contribution in [3.05, 3.63) is 66.0 Å². The molecule has 3 rings (SSSR count). The third kappa shape index (κ3) is 5.09. The van der Waals surface area contributed by atoms with Gasteiger partial charge < -0.3 is 15.4 Å². The molecule has 3 aromatic rings. The number of ether oxygens (including phenoxy) is 1. The van der Waals surface area contributed by atoms with E-state index in [1.54, 1.807) is 37.4 Å². The highest BCUT2D eigenvalue weighted by Gasteiger charge is 2.31. The second-order valence-electron chi connectivity index (χ2n) is 5.73. The summed E-state index contributed by atoms with van der Waals surface area (Å²) in [5.74, 6) is -0.0546. The molecule has 0 radical (unpaired) electrons. The molecule has 146 valence electrons. The molecular weight excluding hydrogens is 376 g/mol. The molecule has 28 heavy (non-hydrogen) atoms. The summed E-state index contributed by atoms with van der Waals surface area (Å²) in [6.45, 7) is 0.184. The van der Waals surface area contributed by atoms with E-state index in [1.165, 1.54) is 24.3 Å². The van der Waals surface area contributed by atoms with E-state index < -0.39 is 6.36 Å². The fourth-order valence-electron chi connectivity index (χ4n) is 2.48. The molecule has 0 aliphatic carbocycles. The van der Waals surface area contributed by atoms with Gasteiger partial charge in [-0.25, -0.2) is 9.37 Å². The zero-order valence-corrected chi connectivity index (χ0v) is 14.7. The molecule has 5 nitrogen and oxygen atoms in total. The van der Waals surface area contributed by atoms with Crippen LogP contribution >= 0.6 is 0 Å². The van der Waals surface area contributed by atoms with Gasteiger partial charge in [0.1, 0.15) is 17.4 Å². The van der Waals surface area contributed by atoms with Gasteiger partial charge >= 0.3 is 6.36 Å². The van der Waals surface area contributed by atoms with Crippen molar-refractivity contribution in [1.29, 1.82) is 0 Å². The molecule has 2 N–H and O–H groups in total. The van der Waals surface area contributed by atoms with Crippen LogP contribution in [-0.4, -0.2) is 23.4 Å². The van der Waals surface area contributed by atoms with Gasteiger partial charge in [0.2, 0.25) is 5.95 Å². The molecule has 1 aromatic heterocycles. The minimum atomic E-state index is -4.78. The maximum Gasteiger partial charge on any atom is 0.573 e. The minimum absolute atomic E-state index is 0.184. The predicted molar refractivity (Wildman–Crippen MR) is 97.4 cm³/mol. The second-order valence-corrected chi connectivity index (χ2v) is 5.73. The van der Waals surface area contributed by atoms with Crippen molar-refractivity contribution in [2.24, 2.45) is 0 Å². The molecule has 0 amide bonds. The van der Waals surface area contributed by atoms with Gasteiger partial charge in [-0.15, -0.1) is 13.2 Å². The van der Waals surface area contributed by atoms with Gasteiger partial charge in [0.25, 0.3) is 0 Å². The van der Waals surface area contributed by atoms with Crippen molar-refractivity contribution in [2.45, 2.75) is 12.9 Å². The summed E-state index contributed by atoms with van der Waals surface area (Å²) in [5.41, 5.74) is 1.24. The van der Waals surface area contributed by atoms with Crippen molar-refractivity contribution in [3.63, 3.8) is 0 Å². The minimum Gasteiger partial charge on any atom is -0.406 e. The molecule has 9 heteroatoms. The molecule has 0 aliphatic rings. The highest BCUT2D eigenvalue weighted by atomic mass is 19.4. The Kier molecular flexibility index (Phi) is 5.62. The fraction of sp³-hybridized carbons (Fsp3) is 0.158. The fourth-order valence-corrected chi connectivity index (χ4v) is 2.48. The molecule has 1 heterocycles. The number of benzene rings is 2. The van der Waals surface area contributed by atoms with Crippen LogP contribution in [0.5, 0.6) is 5.75 Å². The highest BCUT2D eigenvalue weighted by Crippen LogP contribution is 2.28. The normalized spacial score (nSPS) is 11.2. The summed E-state index contributed by atoms with van der Waals surface area (Å²) in [6.07, 6.45) is -4.78. The number of alkyl halides is 3. The third-order valence-corrected chi connectivity index (χ3v) is 3.73. The van der Waals surface area contributed by atoms with Crippen LogP contribution in [0.1, 0.15) is 5.56 Å². The maximum absolute atomic E-state index is 13.8. The Bertz CT molecular complexity index is 963. The topological polar surface area (TPSA) is 59.1 Å². The lowest BCUT2D eigenvalue weighted by Gasteiger charge is -2.12. The van der Waals surface area contributed by atoms with Crippen molar-refractivity contribution in [3.8, 4) is 17.0 Å². The monoisotopic (exact) mass is 392 g/mol. The largest absolute Gasteiger partial charge is 0.573 e. The smallest absolute Gasteiger partial charge is 0.406 e. The van der Waals surface area contributed by atoms with Crippen molar-refractivity contribution in [1.82, 2.24) is 9.97 Å². The number of nitrogens with one attached hydrogen (secondary N) is 2. The number of rotatable bonds is 6. The van der Waals surface area contributed by atoms with Gasteiger partial charge in [0, 0.05) is 30.8 Å². The van der Waals surface area contributed by atoms with Gasteiger partial charge in [-0.1, -0.05) is 30.3 Å². The van der Waals surface area contributed by atoms with Gasteiger partial charge in [-0.2, -0.15) is 4.98 Å². The van der Waals surface area contributed by atoms with Crippen molar-refractivity contribution < 1.29 is 22.3 Å². The quantitative estimate of drug-likeness (QED) is 0.588. The number of hydrogen-bond donors (Lipinski definition) is 2. The van der Waals surface area contributed by atoms with Crippen LogP contribution in [0.4, 0.5) is 29.3 Å². The van der Waals surface area contributed by atoms with Crippen LogP contribution in [0.25, 0.3) is 11.3 Å². The van der Waals surface area contributed by atoms with E-state index in [0.717, 1.165) is 0 Å². The lowest BCUT2D eigenvalue weighted by molar-refractivity contribution is -0.274. The molecule has 0 bridgehead atoms. The molecule has 0 aliphatic heterocycles. The van der Waals surface area contributed by atoms with E-state index in [0.29, 0.717) is 22.6 Å². The highest BCUT2D eigenvalue weighted by molar-refractivity contribution is 5.65. The molecule has 0 saturated heterocycles. The Morgan fingerprint density at radius 2 is 1.79 bits per heavy atom. The van der Waals surface area contributed by atoms with Gasteiger partial charge in [0.05, 0.1) is 5.69 Å². The maximum atomic E-state index is 13.8. The number of anilines is 2. The van der Waals surface area contributed by atoms with E-state index in [2.05, 4.69) is 25.3 Å². The molecule has 0 atom stereocenters. The van der Waals surface area contributed by atoms with Crippen LogP contribution in [0.2, 0.25) is 0 Å². The first-order valence-corrected chi connectivity index (χ1v) is 8.24. The van der Waals surface area contributed by atoms with E-state index >= 15 is 0 Å². The van der Waals surface area contributed by atoms with Gasteiger partial charge in [-0.3, -0.25) is 0 Å². The number of halogens is 4. The summed E-state index contributed by atoms with van der Waals surface area (Å²) < 4.78 is 55.1. The summed E-state index contributed by atoms with van der Waals surface area (Å²) in [7, 11) is 1.61. The molecule has 0 fully saturated rings. The SMILES string of the molecule is CNc1nc(NCc2ccccc2F)cc(-c2cccc(OC(F)(F)F)c2)n1. The summed E-state index contributed by atoms with van der Waals surface area (Å²) >= 11 is 0. The lowest BCUT2D eigenvalue weighted by Crippen LogP contribution is -2.17. The predicted octanol–water partition coefficient (Wildman–Crippen LogP) is 4.84. The van der Waals surface area contributed by atoms with Crippen LogP contribution < -0.4 is 15.4 Å². The van der Waals surface area contributed by atoms with Crippen molar-refractivity contribution in [2.75, 3.05) is 17.7 Å². The Balaban J connectivity index is 1.87. The van der Waals surface area contributed by atoms with Crippen LogP contribution in [0.15, 0.2) is 54.6 Å². The molecule has 0 spiro atoms. The Hall–Kier alpha value is -3.36. The second kappa shape index (κ2) is 8.12. The summed E-state index contributed by atoms with van der Waals surface area (Å²) in [4.78, 5) is 8.50. The van der Waals surface area contributed by atoms with E-state index in [9.17, 15) is 17.6 Å². The first-order valence-electron chi connectivity index (χ1n) is 8.24. The van der Waals surface area contributed by atoms with E-state index in [4.69, 9.17) is 0 Å².